The van der Waals surface area contributed by atoms with Gasteiger partial charge in [-0.25, -0.2) is 0 Å². The smallest absolute Gasteiger partial charge is 0.220 e. The van der Waals surface area contributed by atoms with E-state index in [9.17, 15) is 9.59 Å². The molecule has 1 aromatic rings. The van der Waals surface area contributed by atoms with Crippen LogP contribution in [0.5, 0.6) is 0 Å². The van der Waals surface area contributed by atoms with Crippen molar-refractivity contribution in [1.82, 2.24) is 5.32 Å². The highest BCUT2D eigenvalue weighted by Crippen LogP contribution is 2.29. The van der Waals surface area contributed by atoms with Gasteiger partial charge in [-0.1, -0.05) is 57.7 Å². The van der Waals surface area contributed by atoms with Crippen molar-refractivity contribution >= 4 is 17.4 Å². The van der Waals surface area contributed by atoms with Gasteiger partial charge in [0.1, 0.15) is 0 Å². The summed E-state index contributed by atoms with van der Waals surface area (Å²) in [5, 5.41) is 3.09. The predicted octanol–water partition coefficient (Wildman–Crippen LogP) is 4.90. The molecule has 1 fully saturated rings. The summed E-state index contributed by atoms with van der Waals surface area (Å²) in [6, 6.07) is 8.07. The zero-order chi connectivity index (χ0) is 20.6. The van der Waals surface area contributed by atoms with Crippen molar-refractivity contribution in [1.29, 1.82) is 0 Å². The van der Waals surface area contributed by atoms with Gasteiger partial charge in [0.15, 0.2) is 5.78 Å². The third kappa shape index (κ3) is 6.58. The zero-order valence-corrected chi connectivity index (χ0v) is 18.3. The van der Waals surface area contributed by atoms with E-state index < -0.39 is 0 Å². The number of carbonyl (C=O) groups excluding carboxylic acids is 2. The van der Waals surface area contributed by atoms with Gasteiger partial charge in [0.25, 0.3) is 0 Å². The molecule has 1 amide bonds. The van der Waals surface area contributed by atoms with Crippen molar-refractivity contribution in [2.24, 2.45) is 11.8 Å². The van der Waals surface area contributed by atoms with E-state index in [2.05, 4.69) is 48.3 Å². The molecular formula is C25H38N2O2. The van der Waals surface area contributed by atoms with Gasteiger partial charge in [-0.2, -0.15) is 0 Å². The highest BCUT2D eigenvalue weighted by atomic mass is 16.2. The second kappa shape index (κ2) is 10.8. The number of amides is 1. The summed E-state index contributed by atoms with van der Waals surface area (Å²) >= 11 is 0. The van der Waals surface area contributed by atoms with E-state index in [4.69, 9.17) is 0 Å². The Balaban J connectivity index is 1.60. The number of Topliss-reactive ketones (excluding diaryl/α,β-unsaturated/α-hetero) is 1. The number of aryl methyl sites for hydroxylation is 1. The summed E-state index contributed by atoms with van der Waals surface area (Å²) in [6.07, 6.45) is 10.7. The molecule has 1 saturated carbocycles. The predicted molar refractivity (Wildman–Crippen MR) is 119 cm³/mol. The Morgan fingerprint density at radius 3 is 2.62 bits per heavy atom. The molecule has 4 heteroatoms. The van der Waals surface area contributed by atoms with Crippen molar-refractivity contribution in [3.8, 4) is 0 Å². The molecule has 1 heterocycles. The Kier molecular flexibility index (Phi) is 8.14. The molecular weight excluding hydrogens is 360 g/mol. The quantitative estimate of drug-likeness (QED) is 0.644. The monoisotopic (exact) mass is 398 g/mol. The molecule has 4 nitrogen and oxygen atoms in total. The number of ketones is 1. The number of nitrogens with one attached hydrogen (secondary N) is 1. The van der Waals surface area contributed by atoms with E-state index in [0.29, 0.717) is 31.2 Å². The van der Waals surface area contributed by atoms with Crippen LogP contribution in [0.2, 0.25) is 0 Å². The molecule has 0 saturated heterocycles. The van der Waals surface area contributed by atoms with Crippen LogP contribution >= 0.6 is 0 Å². The lowest BCUT2D eigenvalue weighted by molar-refractivity contribution is -0.127. The SMILES string of the molecule is CC(C)C[C@H](NC(=O)CCC1CCCC1)C(=O)CN1CCCCc2ccccc21. The van der Waals surface area contributed by atoms with Gasteiger partial charge in [-0.05, 0) is 55.6 Å². The minimum absolute atomic E-state index is 0.0483. The summed E-state index contributed by atoms with van der Waals surface area (Å²) in [5.74, 6) is 1.26. The molecule has 1 atom stereocenters. The standard InChI is InChI=1S/C25H38N2O2/c1-19(2)17-22(26-25(29)15-14-20-9-3-4-10-20)24(28)18-27-16-8-7-12-21-11-5-6-13-23(21)27/h5-6,11,13,19-20,22H,3-4,7-10,12,14-18H2,1-2H3,(H,26,29)/t22-/m0/s1. The molecule has 1 aliphatic heterocycles. The lowest BCUT2D eigenvalue weighted by Gasteiger charge is -2.27. The van der Waals surface area contributed by atoms with Gasteiger partial charge in [-0.3, -0.25) is 9.59 Å². The Morgan fingerprint density at radius 2 is 1.86 bits per heavy atom. The fraction of sp³-hybridized carbons (Fsp3) is 0.680. The molecule has 3 rings (SSSR count). The molecule has 0 bridgehead atoms. The van der Waals surface area contributed by atoms with Crippen LogP contribution in [0.1, 0.15) is 77.2 Å². The summed E-state index contributed by atoms with van der Waals surface area (Å²) in [4.78, 5) is 28.0. The van der Waals surface area contributed by atoms with Crippen LogP contribution in [0.25, 0.3) is 0 Å². The van der Waals surface area contributed by atoms with Crippen molar-refractivity contribution in [3.05, 3.63) is 29.8 Å². The normalized spacial score (nSPS) is 18.4. The van der Waals surface area contributed by atoms with Crippen LogP contribution in [0.3, 0.4) is 0 Å². The fourth-order valence-electron chi connectivity index (χ4n) is 4.87. The van der Waals surface area contributed by atoms with E-state index >= 15 is 0 Å². The molecule has 0 spiro atoms. The minimum Gasteiger partial charge on any atom is -0.364 e. The molecule has 2 aliphatic rings. The van der Waals surface area contributed by atoms with Crippen molar-refractivity contribution < 1.29 is 9.59 Å². The zero-order valence-electron chi connectivity index (χ0n) is 18.3. The maximum absolute atomic E-state index is 13.2. The number of carbonyl (C=O) groups is 2. The fourth-order valence-corrected chi connectivity index (χ4v) is 4.87. The van der Waals surface area contributed by atoms with Crippen LogP contribution < -0.4 is 10.2 Å². The first-order valence-corrected chi connectivity index (χ1v) is 11.7. The maximum Gasteiger partial charge on any atom is 0.220 e. The summed E-state index contributed by atoms with van der Waals surface area (Å²) in [6.45, 7) is 5.53. The number of rotatable bonds is 9. The Labute approximate surface area is 176 Å². The number of benzene rings is 1. The number of anilines is 1. The van der Waals surface area contributed by atoms with E-state index in [1.807, 2.05) is 0 Å². The molecule has 1 aliphatic carbocycles. The van der Waals surface area contributed by atoms with Crippen LogP contribution in [0.4, 0.5) is 5.69 Å². The van der Waals surface area contributed by atoms with Gasteiger partial charge in [0.05, 0.1) is 12.6 Å². The van der Waals surface area contributed by atoms with Gasteiger partial charge in [-0.15, -0.1) is 0 Å². The second-order valence-corrected chi connectivity index (χ2v) is 9.41. The third-order valence-corrected chi connectivity index (χ3v) is 6.49. The first-order chi connectivity index (χ1) is 14.0. The van der Waals surface area contributed by atoms with E-state index in [1.165, 1.54) is 36.9 Å². The summed E-state index contributed by atoms with van der Waals surface area (Å²) in [7, 11) is 0. The van der Waals surface area contributed by atoms with Crippen LogP contribution in [-0.4, -0.2) is 30.8 Å². The van der Waals surface area contributed by atoms with E-state index in [-0.39, 0.29) is 17.7 Å². The van der Waals surface area contributed by atoms with Crippen molar-refractivity contribution in [2.75, 3.05) is 18.0 Å². The molecule has 1 aromatic carbocycles. The molecule has 29 heavy (non-hydrogen) atoms. The lowest BCUT2D eigenvalue weighted by Crippen LogP contribution is -2.46. The summed E-state index contributed by atoms with van der Waals surface area (Å²) in [5.41, 5.74) is 2.52. The first-order valence-electron chi connectivity index (χ1n) is 11.7. The van der Waals surface area contributed by atoms with Gasteiger partial charge in [0, 0.05) is 18.7 Å². The topological polar surface area (TPSA) is 49.4 Å². The largest absolute Gasteiger partial charge is 0.364 e. The second-order valence-electron chi connectivity index (χ2n) is 9.41. The number of para-hydroxylation sites is 1. The maximum atomic E-state index is 13.2. The van der Waals surface area contributed by atoms with Gasteiger partial charge >= 0.3 is 0 Å². The molecule has 0 radical (unpaired) electrons. The molecule has 0 unspecified atom stereocenters. The van der Waals surface area contributed by atoms with Crippen molar-refractivity contribution in [2.45, 2.75) is 84.1 Å². The Hall–Kier alpha value is -1.84. The first kappa shape index (κ1) is 21.9. The number of hydrogen-bond donors (Lipinski definition) is 1. The summed E-state index contributed by atoms with van der Waals surface area (Å²) < 4.78 is 0. The van der Waals surface area contributed by atoms with E-state index in [1.54, 1.807) is 0 Å². The Morgan fingerprint density at radius 1 is 1.10 bits per heavy atom. The van der Waals surface area contributed by atoms with Crippen LogP contribution in [-0.2, 0) is 16.0 Å². The number of nitrogens with zero attached hydrogens (tertiary/aromatic N) is 1. The molecule has 160 valence electrons. The van der Waals surface area contributed by atoms with Crippen LogP contribution in [0.15, 0.2) is 24.3 Å². The minimum atomic E-state index is -0.374. The molecule has 0 aromatic heterocycles. The van der Waals surface area contributed by atoms with Crippen LogP contribution in [0, 0.1) is 11.8 Å². The number of fused-ring (bicyclic) bond motifs is 1. The lowest BCUT2D eigenvalue weighted by atomic mass is 9.98. The van der Waals surface area contributed by atoms with E-state index in [0.717, 1.165) is 32.2 Å². The average Bonchev–Trinajstić information content (AvgIpc) is 3.14. The van der Waals surface area contributed by atoms with Gasteiger partial charge in [0.2, 0.25) is 5.91 Å². The van der Waals surface area contributed by atoms with Gasteiger partial charge < -0.3 is 10.2 Å². The Bertz CT molecular complexity index is 679. The van der Waals surface area contributed by atoms with Crippen molar-refractivity contribution in [3.63, 3.8) is 0 Å². The molecule has 1 N–H and O–H groups in total. The third-order valence-electron chi connectivity index (χ3n) is 6.49. The average molecular weight is 399 g/mol. The highest BCUT2D eigenvalue weighted by molar-refractivity contribution is 5.92. The number of hydrogen-bond acceptors (Lipinski definition) is 3. The highest BCUT2D eigenvalue weighted by Gasteiger charge is 2.26.